The van der Waals surface area contributed by atoms with E-state index in [9.17, 15) is 4.79 Å². The first-order valence-corrected chi connectivity index (χ1v) is 10.1. The quantitative estimate of drug-likeness (QED) is 0.505. The van der Waals surface area contributed by atoms with Crippen LogP contribution < -0.4 is 10.1 Å². The molecule has 29 heavy (non-hydrogen) atoms. The first-order chi connectivity index (χ1) is 14.0. The number of fused-ring (bicyclic) bond motifs is 1. The molecular weight excluding hydrogens is 368 g/mol. The van der Waals surface area contributed by atoms with Gasteiger partial charge in [-0.1, -0.05) is 25.1 Å². The van der Waals surface area contributed by atoms with Gasteiger partial charge < -0.3 is 19.7 Å². The highest BCUT2D eigenvalue weighted by Crippen LogP contribution is 2.32. The lowest BCUT2D eigenvalue weighted by Gasteiger charge is -2.13. The summed E-state index contributed by atoms with van der Waals surface area (Å²) in [6.07, 6.45) is 2.51. The third-order valence-corrected chi connectivity index (χ3v) is 4.93. The summed E-state index contributed by atoms with van der Waals surface area (Å²) in [5.74, 6) is 2.27. The average Bonchev–Trinajstić information content (AvgIpc) is 3.05. The van der Waals surface area contributed by atoms with Gasteiger partial charge in [0.1, 0.15) is 11.6 Å². The molecule has 0 spiro atoms. The summed E-state index contributed by atoms with van der Waals surface area (Å²) in [7, 11) is 0. The highest BCUT2D eigenvalue weighted by Gasteiger charge is 2.19. The van der Waals surface area contributed by atoms with Crippen LogP contribution in [0.25, 0.3) is 11.0 Å². The van der Waals surface area contributed by atoms with Gasteiger partial charge in [0.2, 0.25) is 5.88 Å². The molecule has 0 aliphatic heterocycles. The maximum Gasteiger partial charge on any atom is 0.404 e. The van der Waals surface area contributed by atoms with Crippen LogP contribution in [0.5, 0.6) is 11.6 Å². The predicted molar refractivity (Wildman–Crippen MR) is 113 cm³/mol. The number of aryl methyl sites for hydroxylation is 4. The summed E-state index contributed by atoms with van der Waals surface area (Å²) in [5, 5.41) is 11.1. The number of carbonyl (C=O) groups is 1. The van der Waals surface area contributed by atoms with E-state index in [1.807, 2.05) is 37.3 Å². The van der Waals surface area contributed by atoms with Crippen molar-refractivity contribution in [1.82, 2.24) is 19.9 Å². The van der Waals surface area contributed by atoms with Crippen LogP contribution in [-0.2, 0) is 13.0 Å². The van der Waals surface area contributed by atoms with Crippen molar-refractivity contribution in [2.45, 2.75) is 53.0 Å². The lowest BCUT2D eigenvalue weighted by Crippen LogP contribution is -2.22. The third kappa shape index (κ3) is 4.85. The predicted octanol–water partition coefficient (Wildman–Crippen LogP) is 4.84. The Morgan fingerprint density at radius 2 is 1.93 bits per heavy atom. The van der Waals surface area contributed by atoms with Gasteiger partial charge in [0.05, 0.1) is 5.52 Å². The van der Waals surface area contributed by atoms with Crippen LogP contribution in [0.3, 0.4) is 0 Å². The fraction of sp³-hybridized carbons (Fsp3) is 0.409. The van der Waals surface area contributed by atoms with Crippen molar-refractivity contribution in [2.75, 3.05) is 6.54 Å². The highest BCUT2D eigenvalue weighted by molar-refractivity contribution is 5.85. The molecule has 0 saturated heterocycles. The summed E-state index contributed by atoms with van der Waals surface area (Å²) in [6, 6.07) is 9.62. The second-order valence-electron chi connectivity index (χ2n) is 7.11. The molecular formula is C22H28N4O3. The average molecular weight is 396 g/mol. The van der Waals surface area contributed by atoms with Crippen LogP contribution in [0.1, 0.15) is 43.3 Å². The fourth-order valence-electron chi connectivity index (χ4n) is 3.41. The first kappa shape index (κ1) is 20.6. The van der Waals surface area contributed by atoms with Crippen LogP contribution in [0.15, 0.2) is 30.3 Å². The number of pyridine rings is 1. The number of unbranched alkanes of at least 4 members (excludes halogenated alkanes) is 1. The lowest BCUT2D eigenvalue weighted by molar-refractivity contribution is 0.194. The summed E-state index contributed by atoms with van der Waals surface area (Å²) in [5.41, 5.74) is 3.85. The Kier molecular flexibility index (Phi) is 6.69. The number of carboxylic acid groups (broad SMARTS) is 1. The van der Waals surface area contributed by atoms with E-state index in [1.165, 1.54) is 0 Å². The number of para-hydroxylation sites is 1. The maximum absolute atomic E-state index is 10.6. The van der Waals surface area contributed by atoms with E-state index in [0.29, 0.717) is 12.4 Å². The largest absolute Gasteiger partial charge is 0.465 e. The topological polar surface area (TPSA) is 89.3 Å². The number of amides is 1. The molecule has 2 heterocycles. The Morgan fingerprint density at radius 3 is 2.62 bits per heavy atom. The molecule has 7 nitrogen and oxygen atoms in total. The van der Waals surface area contributed by atoms with Gasteiger partial charge in [0.15, 0.2) is 5.52 Å². The van der Waals surface area contributed by atoms with E-state index in [2.05, 4.69) is 28.7 Å². The molecule has 0 fully saturated rings. The number of benzene rings is 1. The van der Waals surface area contributed by atoms with E-state index < -0.39 is 6.09 Å². The van der Waals surface area contributed by atoms with Crippen molar-refractivity contribution < 1.29 is 14.6 Å². The lowest BCUT2D eigenvalue weighted by atomic mass is 10.2. The summed E-state index contributed by atoms with van der Waals surface area (Å²) in [6.45, 7) is 7.42. The van der Waals surface area contributed by atoms with Crippen molar-refractivity contribution >= 4 is 17.1 Å². The van der Waals surface area contributed by atoms with Crippen molar-refractivity contribution in [2.24, 2.45) is 0 Å². The SMILES string of the molecule is CCCc1nc2c(Oc3ccccc3)nc(C)c(C)c2n1CCCCNC(=O)O. The van der Waals surface area contributed by atoms with Crippen molar-refractivity contribution in [3.63, 3.8) is 0 Å². The molecule has 1 amide bonds. The Labute approximate surface area is 170 Å². The summed E-state index contributed by atoms with van der Waals surface area (Å²) >= 11 is 0. The molecule has 154 valence electrons. The molecule has 0 saturated carbocycles. The molecule has 3 aromatic rings. The number of imidazole rings is 1. The fourth-order valence-corrected chi connectivity index (χ4v) is 3.41. The minimum absolute atomic E-state index is 0.451. The van der Waals surface area contributed by atoms with E-state index >= 15 is 0 Å². The molecule has 0 aliphatic rings. The van der Waals surface area contributed by atoms with Gasteiger partial charge in [-0.25, -0.2) is 14.8 Å². The van der Waals surface area contributed by atoms with Gasteiger partial charge in [-0.05, 0) is 50.8 Å². The molecule has 0 aliphatic carbocycles. The van der Waals surface area contributed by atoms with E-state index in [1.54, 1.807) is 0 Å². The minimum Gasteiger partial charge on any atom is -0.465 e. The summed E-state index contributed by atoms with van der Waals surface area (Å²) < 4.78 is 8.33. The Balaban J connectivity index is 1.96. The Hall–Kier alpha value is -3.09. The van der Waals surface area contributed by atoms with Gasteiger partial charge in [-0.15, -0.1) is 0 Å². The number of nitrogens with zero attached hydrogens (tertiary/aromatic N) is 3. The van der Waals surface area contributed by atoms with Crippen molar-refractivity contribution in [1.29, 1.82) is 0 Å². The zero-order chi connectivity index (χ0) is 20.8. The first-order valence-electron chi connectivity index (χ1n) is 10.1. The number of hydrogen-bond donors (Lipinski definition) is 2. The molecule has 2 aromatic heterocycles. The Bertz CT molecular complexity index is 983. The van der Waals surface area contributed by atoms with Crippen LogP contribution >= 0.6 is 0 Å². The zero-order valence-electron chi connectivity index (χ0n) is 17.2. The van der Waals surface area contributed by atoms with Crippen molar-refractivity contribution in [3.05, 3.63) is 47.4 Å². The second-order valence-corrected chi connectivity index (χ2v) is 7.11. The highest BCUT2D eigenvalue weighted by atomic mass is 16.5. The molecule has 7 heteroatoms. The van der Waals surface area contributed by atoms with Crippen LogP contribution in [0.4, 0.5) is 4.79 Å². The standard InChI is InChI=1S/C22H28N4O3/c1-4-10-18-25-19-20(26(18)14-9-8-13-23-22(27)28)15(2)16(3)24-21(19)29-17-11-6-5-7-12-17/h5-7,11-12,23H,4,8-10,13-14H2,1-3H3,(H,27,28). The van der Waals surface area contributed by atoms with Crippen molar-refractivity contribution in [3.8, 4) is 11.6 Å². The number of nitrogens with one attached hydrogen (secondary N) is 1. The van der Waals surface area contributed by atoms with Gasteiger partial charge in [0.25, 0.3) is 0 Å². The van der Waals surface area contributed by atoms with Gasteiger partial charge >= 0.3 is 6.09 Å². The normalized spacial score (nSPS) is 11.0. The maximum atomic E-state index is 10.6. The number of hydrogen-bond acceptors (Lipinski definition) is 4. The monoisotopic (exact) mass is 396 g/mol. The van der Waals surface area contributed by atoms with E-state index in [0.717, 1.165) is 66.1 Å². The number of ether oxygens (including phenoxy) is 1. The van der Waals surface area contributed by atoms with Crippen LogP contribution in [0, 0.1) is 13.8 Å². The molecule has 0 radical (unpaired) electrons. The molecule has 0 unspecified atom stereocenters. The smallest absolute Gasteiger partial charge is 0.404 e. The second kappa shape index (κ2) is 9.41. The van der Waals surface area contributed by atoms with E-state index in [-0.39, 0.29) is 0 Å². The molecule has 3 rings (SSSR count). The Morgan fingerprint density at radius 1 is 1.17 bits per heavy atom. The number of rotatable bonds is 9. The minimum atomic E-state index is -0.981. The van der Waals surface area contributed by atoms with Crippen LogP contribution in [0.2, 0.25) is 0 Å². The number of aromatic nitrogens is 3. The summed E-state index contributed by atoms with van der Waals surface area (Å²) in [4.78, 5) is 20.2. The third-order valence-electron chi connectivity index (χ3n) is 4.93. The zero-order valence-corrected chi connectivity index (χ0v) is 17.2. The van der Waals surface area contributed by atoms with Gasteiger partial charge in [0, 0.05) is 25.2 Å². The molecule has 0 atom stereocenters. The van der Waals surface area contributed by atoms with E-state index in [4.69, 9.17) is 14.8 Å². The molecule has 0 bridgehead atoms. The van der Waals surface area contributed by atoms with Crippen LogP contribution in [-0.4, -0.2) is 32.3 Å². The van der Waals surface area contributed by atoms with Gasteiger partial charge in [-0.3, -0.25) is 0 Å². The molecule has 2 N–H and O–H groups in total. The van der Waals surface area contributed by atoms with Gasteiger partial charge in [-0.2, -0.15) is 0 Å². The molecule has 1 aromatic carbocycles.